The standard InChI is InChI=1S/C28H28F3N3O7/c1-34(2)21-15-7-11-6-14-18(22(35)13-5-10(8-33-9-16(29)30)3-4-12(13)20(14)31)23(36)17(11)25(38)28(15,41)26(39)19(24(21)37)27(32)40/h3-5,11,15-16,21,33,35,37-38,41H,6-9H2,1-2H3,(H2,32,40)/t11-,15-,21-,28-/m0/s1. The van der Waals surface area contributed by atoms with Crippen LogP contribution in [-0.2, 0) is 22.6 Å². The van der Waals surface area contributed by atoms with Gasteiger partial charge in [0.15, 0.2) is 11.4 Å². The van der Waals surface area contributed by atoms with Gasteiger partial charge in [0.05, 0.1) is 18.2 Å². The predicted octanol–water partition coefficient (Wildman–Crippen LogP) is 1.77. The van der Waals surface area contributed by atoms with E-state index in [1.807, 2.05) is 0 Å². The van der Waals surface area contributed by atoms with Gasteiger partial charge in [-0.3, -0.25) is 19.3 Å². The molecule has 0 saturated carbocycles. The van der Waals surface area contributed by atoms with Crippen molar-refractivity contribution < 1.29 is 48.0 Å². The van der Waals surface area contributed by atoms with Crippen LogP contribution in [0.1, 0.15) is 27.9 Å². The molecule has 5 rings (SSSR count). The van der Waals surface area contributed by atoms with Gasteiger partial charge in [-0.1, -0.05) is 12.1 Å². The van der Waals surface area contributed by atoms with Crippen LogP contribution in [-0.4, -0.2) is 81.5 Å². The molecule has 10 nitrogen and oxygen atoms in total. The SMILES string of the molecule is CN(C)[C@@H]1C(O)=C(C(N)=O)C(=O)[C@@]2(O)C(O)=C3C(=O)c4c(c(F)c5ccc(CNCC(F)F)cc5c4O)C[C@H]3C[C@@H]12. The maximum absolute atomic E-state index is 15.9. The van der Waals surface area contributed by atoms with Crippen LogP contribution in [0.15, 0.2) is 40.9 Å². The molecule has 0 aliphatic heterocycles. The lowest BCUT2D eigenvalue weighted by atomic mass is 9.58. The van der Waals surface area contributed by atoms with Crippen molar-refractivity contribution in [1.82, 2.24) is 10.2 Å². The number of nitrogens with two attached hydrogens (primary N) is 1. The number of nitrogens with zero attached hydrogens (tertiary/aromatic N) is 1. The average molecular weight is 576 g/mol. The molecule has 41 heavy (non-hydrogen) atoms. The normalized spacial score (nSPS) is 26.1. The summed E-state index contributed by atoms with van der Waals surface area (Å²) in [5.74, 6) is -9.03. The highest BCUT2D eigenvalue weighted by atomic mass is 19.3. The Kier molecular flexibility index (Phi) is 6.87. The van der Waals surface area contributed by atoms with Gasteiger partial charge in [0.25, 0.3) is 12.3 Å². The Morgan fingerprint density at radius 3 is 2.49 bits per heavy atom. The van der Waals surface area contributed by atoms with Crippen molar-refractivity contribution >= 4 is 28.2 Å². The van der Waals surface area contributed by atoms with E-state index < -0.39 is 93.7 Å². The lowest BCUT2D eigenvalue weighted by molar-refractivity contribution is -0.148. The molecule has 2 aromatic rings. The maximum atomic E-state index is 15.9. The molecule has 3 aliphatic carbocycles. The van der Waals surface area contributed by atoms with Gasteiger partial charge in [-0.25, -0.2) is 13.2 Å². The number of benzene rings is 2. The molecule has 0 unspecified atom stereocenters. The number of aliphatic hydroxyl groups excluding tert-OH is 2. The van der Waals surface area contributed by atoms with Crippen LogP contribution in [0.5, 0.6) is 5.75 Å². The van der Waals surface area contributed by atoms with E-state index in [-0.39, 0.29) is 35.7 Å². The first-order valence-corrected chi connectivity index (χ1v) is 12.8. The second-order valence-corrected chi connectivity index (χ2v) is 10.9. The van der Waals surface area contributed by atoms with Crippen LogP contribution in [0, 0.1) is 17.7 Å². The summed E-state index contributed by atoms with van der Waals surface area (Å²) in [6.07, 6.45) is -2.95. The molecule has 7 N–H and O–H groups in total. The van der Waals surface area contributed by atoms with Crippen molar-refractivity contribution in [1.29, 1.82) is 0 Å². The highest BCUT2D eigenvalue weighted by Gasteiger charge is 2.63. The van der Waals surface area contributed by atoms with Gasteiger partial charge in [-0.05, 0) is 44.5 Å². The van der Waals surface area contributed by atoms with Crippen LogP contribution >= 0.6 is 0 Å². The fraction of sp³-hybridized carbons (Fsp3) is 0.393. The Morgan fingerprint density at radius 1 is 1.20 bits per heavy atom. The van der Waals surface area contributed by atoms with Crippen molar-refractivity contribution in [2.24, 2.45) is 17.6 Å². The molecule has 0 bridgehead atoms. The molecule has 0 radical (unpaired) electrons. The first-order valence-electron chi connectivity index (χ1n) is 12.8. The first kappa shape index (κ1) is 28.6. The third kappa shape index (κ3) is 4.10. The average Bonchev–Trinajstić information content (AvgIpc) is 2.88. The summed E-state index contributed by atoms with van der Waals surface area (Å²) in [5, 5.41) is 47.4. The zero-order valence-corrected chi connectivity index (χ0v) is 22.0. The summed E-state index contributed by atoms with van der Waals surface area (Å²) in [5.41, 5.74) is 1.02. The van der Waals surface area contributed by atoms with E-state index in [4.69, 9.17) is 5.73 Å². The molecule has 0 heterocycles. The third-order valence-electron chi connectivity index (χ3n) is 8.32. The number of carbonyl (C=O) groups is 3. The number of Topliss-reactive ketones (excluding diaryl/α,β-unsaturated/α-hetero) is 2. The number of allylic oxidation sites excluding steroid dienone is 1. The number of carbonyl (C=O) groups excluding carboxylic acids is 3. The summed E-state index contributed by atoms with van der Waals surface area (Å²) < 4.78 is 40.9. The number of aromatic hydroxyl groups is 1. The Labute approximate surface area is 231 Å². The summed E-state index contributed by atoms with van der Waals surface area (Å²) in [7, 11) is 3.02. The third-order valence-corrected chi connectivity index (χ3v) is 8.32. The Morgan fingerprint density at radius 2 is 1.88 bits per heavy atom. The number of primary amides is 1. The number of halogens is 3. The second kappa shape index (κ2) is 9.86. The topological polar surface area (TPSA) is 173 Å². The van der Waals surface area contributed by atoms with Crippen LogP contribution in [0.3, 0.4) is 0 Å². The number of ketones is 2. The molecular weight excluding hydrogens is 547 g/mol. The number of hydrogen-bond donors (Lipinski definition) is 6. The number of phenolic OH excluding ortho intramolecular Hbond substituents is 1. The lowest BCUT2D eigenvalue weighted by Gasteiger charge is -2.50. The van der Waals surface area contributed by atoms with Gasteiger partial charge in [-0.15, -0.1) is 0 Å². The number of amides is 1. The molecule has 0 saturated heterocycles. The van der Waals surface area contributed by atoms with Gasteiger partial charge in [0.1, 0.15) is 28.7 Å². The number of nitrogens with one attached hydrogen (secondary N) is 1. The minimum absolute atomic E-state index is 0.0127. The summed E-state index contributed by atoms with van der Waals surface area (Å²) in [4.78, 5) is 40.7. The number of likely N-dealkylation sites (N-methyl/N-ethyl adjacent to an activating group) is 1. The smallest absolute Gasteiger partial charge is 0.255 e. The number of rotatable bonds is 6. The van der Waals surface area contributed by atoms with Crippen molar-refractivity contribution in [3.05, 3.63) is 63.4 Å². The molecule has 0 spiro atoms. The summed E-state index contributed by atoms with van der Waals surface area (Å²) in [6, 6.07) is 3.06. The molecule has 1 amide bonds. The van der Waals surface area contributed by atoms with E-state index in [1.54, 1.807) is 0 Å². The van der Waals surface area contributed by atoms with E-state index in [0.29, 0.717) is 5.56 Å². The fourth-order valence-corrected chi connectivity index (χ4v) is 6.55. The van der Waals surface area contributed by atoms with Gasteiger partial charge >= 0.3 is 0 Å². The minimum atomic E-state index is -2.81. The van der Waals surface area contributed by atoms with E-state index in [2.05, 4.69) is 5.32 Å². The predicted molar refractivity (Wildman–Crippen MR) is 139 cm³/mol. The van der Waals surface area contributed by atoms with E-state index in [0.717, 1.165) is 0 Å². The van der Waals surface area contributed by atoms with Gasteiger partial charge in [0.2, 0.25) is 5.78 Å². The number of fused-ring (bicyclic) bond motifs is 4. The molecule has 0 aromatic heterocycles. The molecule has 0 fully saturated rings. The first-order chi connectivity index (χ1) is 19.2. The Bertz CT molecular complexity index is 1590. The van der Waals surface area contributed by atoms with Gasteiger partial charge < -0.3 is 31.5 Å². The van der Waals surface area contributed by atoms with Crippen LogP contribution in [0.4, 0.5) is 13.2 Å². The largest absolute Gasteiger partial charge is 0.510 e. The molecule has 218 valence electrons. The van der Waals surface area contributed by atoms with Crippen molar-refractivity contribution in [3.8, 4) is 5.75 Å². The second-order valence-electron chi connectivity index (χ2n) is 10.9. The highest BCUT2D eigenvalue weighted by molar-refractivity contribution is 6.25. The number of hydrogen-bond acceptors (Lipinski definition) is 9. The Balaban J connectivity index is 1.66. The summed E-state index contributed by atoms with van der Waals surface area (Å²) in [6.45, 7) is -0.607. The lowest BCUT2D eigenvalue weighted by Crippen LogP contribution is -2.63. The molecule has 3 aliphatic rings. The van der Waals surface area contributed by atoms with Crippen molar-refractivity contribution in [2.75, 3.05) is 20.6 Å². The van der Waals surface area contributed by atoms with Gasteiger partial charge in [-0.2, -0.15) is 0 Å². The maximum Gasteiger partial charge on any atom is 0.255 e. The van der Waals surface area contributed by atoms with E-state index in [9.17, 15) is 43.6 Å². The van der Waals surface area contributed by atoms with Gasteiger partial charge in [0, 0.05) is 34.4 Å². The zero-order valence-electron chi connectivity index (χ0n) is 22.0. The van der Waals surface area contributed by atoms with Crippen LogP contribution in [0.2, 0.25) is 0 Å². The quantitative estimate of drug-likeness (QED) is 0.281. The summed E-state index contributed by atoms with van der Waals surface area (Å²) >= 11 is 0. The fourth-order valence-electron chi connectivity index (χ4n) is 6.55. The number of alkyl halides is 2. The Hall–Kier alpha value is -3.94. The molecule has 2 aromatic carbocycles. The van der Waals surface area contributed by atoms with Crippen molar-refractivity contribution in [3.63, 3.8) is 0 Å². The number of phenols is 1. The van der Waals surface area contributed by atoms with Crippen LogP contribution in [0.25, 0.3) is 10.8 Å². The molecule has 13 heteroatoms. The van der Waals surface area contributed by atoms with Crippen LogP contribution < -0.4 is 11.1 Å². The highest BCUT2D eigenvalue weighted by Crippen LogP contribution is 2.53. The minimum Gasteiger partial charge on any atom is -0.510 e. The number of aliphatic hydroxyl groups is 3. The van der Waals surface area contributed by atoms with Crippen molar-refractivity contribution in [2.45, 2.75) is 37.5 Å². The molecular formula is C28H28F3N3O7. The molecule has 4 atom stereocenters. The zero-order chi connectivity index (χ0) is 30.1. The van der Waals surface area contributed by atoms with E-state index >= 15 is 4.39 Å². The monoisotopic (exact) mass is 575 g/mol. The van der Waals surface area contributed by atoms with E-state index in [1.165, 1.54) is 37.2 Å².